The molecule has 0 aliphatic carbocycles. The lowest BCUT2D eigenvalue weighted by Gasteiger charge is -2.18. The van der Waals surface area contributed by atoms with E-state index in [2.05, 4.69) is 10.6 Å². The van der Waals surface area contributed by atoms with Crippen molar-refractivity contribution >= 4 is 17.5 Å². The highest BCUT2D eigenvalue weighted by atomic mass is 16.2. The maximum atomic E-state index is 12.2. The first-order valence-corrected chi connectivity index (χ1v) is 7.24. The number of hydrogen-bond acceptors (Lipinski definition) is 3. The van der Waals surface area contributed by atoms with Gasteiger partial charge in [-0.15, -0.1) is 0 Å². The number of nitrogen functional groups attached to an aromatic ring is 1. The van der Waals surface area contributed by atoms with E-state index >= 15 is 0 Å². The minimum absolute atomic E-state index is 0.170. The average Bonchev–Trinajstić information content (AvgIpc) is 2.43. The monoisotopic (exact) mass is 291 g/mol. The molecule has 0 radical (unpaired) electrons. The molecule has 4 N–H and O–H groups in total. The molecule has 0 saturated heterocycles. The molecule has 0 aliphatic rings. The first-order chi connectivity index (χ1) is 9.81. The van der Waals surface area contributed by atoms with E-state index < -0.39 is 6.04 Å². The molecule has 1 aromatic rings. The molecule has 116 valence electrons. The third-order valence-electron chi connectivity index (χ3n) is 3.24. The molecule has 0 heterocycles. The van der Waals surface area contributed by atoms with E-state index in [4.69, 9.17) is 5.73 Å². The molecule has 2 atom stereocenters. The van der Waals surface area contributed by atoms with Crippen molar-refractivity contribution in [3.63, 3.8) is 0 Å². The van der Waals surface area contributed by atoms with Gasteiger partial charge in [-0.25, -0.2) is 0 Å². The molecule has 0 bridgehead atoms. The summed E-state index contributed by atoms with van der Waals surface area (Å²) in [6.45, 7) is 8.11. The van der Waals surface area contributed by atoms with Crippen LogP contribution in [-0.4, -0.2) is 24.4 Å². The van der Waals surface area contributed by atoms with Crippen molar-refractivity contribution in [3.05, 3.63) is 29.8 Å². The fraction of sp³-hybridized carbons (Fsp3) is 0.500. The standard InChI is InChI=1S/C16H25N3O2/c1-10(2)9-18-16(21)12(4)19-15(20)11(3)13-6-5-7-14(17)8-13/h5-8,10-12H,9,17H2,1-4H3,(H,18,21)(H,19,20). The second-order valence-corrected chi connectivity index (χ2v) is 5.76. The molecule has 2 unspecified atom stereocenters. The lowest BCUT2D eigenvalue weighted by molar-refractivity contribution is -0.129. The van der Waals surface area contributed by atoms with Gasteiger partial charge in [0.1, 0.15) is 6.04 Å². The predicted molar refractivity (Wildman–Crippen MR) is 84.7 cm³/mol. The molecule has 0 saturated carbocycles. The van der Waals surface area contributed by atoms with Gasteiger partial charge in [0.25, 0.3) is 0 Å². The summed E-state index contributed by atoms with van der Waals surface area (Å²) < 4.78 is 0. The number of carbonyl (C=O) groups is 2. The van der Waals surface area contributed by atoms with Crippen molar-refractivity contribution in [3.8, 4) is 0 Å². The largest absolute Gasteiger partial charge is 0.399 e. The van der Waals surface area contributed by atoms with Crippen molar-refractivity contribution < 1.29 is 9.59 Å². The minimum atomic E-state index is -0.556. The second kappa shape index (κ2) is 7.67. The summed E-state index contributed by atoms with van der Waals surface area (Å²) in [5.74, 6) is -0.332. The van der Waals surface area contributed by atoms with Crippen LogP contribution < -0.4 is 16.4 Å². The van der Waals surface area contributed by atoms with Crippen LogP contribution in [0.5, 0.6) is 0 Å². The maximum absolute atomic E-state index is 12.2. The Morgan fingerprint density at radius 2 is 1.81 bits per heavy atom. The Balaban J connectivity index is 2.57. The molecule has 0 aromatic heterocycles. The summed E-state index contributed by atoms with van der Waals surface area (Å²) in [5, 5.41) is 5.53. The Bertz CT molecular complexity index is 500. The summed E-state index contributed by atoms with van der Waals surface area (Å²) in [6.07, 6.45) is 0. The third kappa shape index (κ3) is 5.45. The first kappa shape index (κ1) is 17.0. The Hall–Kier alpha value is -2.04. The Kier molecular flexibility index (Phi) is 6.21. The zero-order chi connectivity index (χ0) is 16.0. The fourth-order valence-electron chi connectivity index (χ4n) is 1.84. The molecule has 2 amide bonds. The third-order valence-corrected chi connectivity index (χ3v) is 3.24. The zero-order valence-corrected chi connectivity index (χ0v) is 13.1. The summed E-state index contributed by atoms with van der Waals surface area (Å²) in [6, 6.07) is 6.65. The van der Waals surface area contributed by atoms with Gasteiger partial charge in [0.05, 0.1) is 5.92 Å². The van der Waals surface area contributed by atoms with E-state index in [1.165, 1.54) is 0 Å². The minimum Gasteiger partial charge on any atom is -0.399 e. The van der Waals surface area contributed by atoms with Gasteiger partial charge in [-0.3, -0.25) is 9.59 Å². The number of carbonyl (C=O) groups excluding carboxylic acids is 2. The second-order valence-electron chi connectivity index (χ2n) is 5.76. The molecule has 0 aliphatic heterocycles. The van der Waals surface area contributed by atoms with E-state index in [1.807, 2.05) is 26.0 Å². The summed E-state index contributed by atoms with van der Waals surface area (Å²) in [5.41, 5.74) is 7.17. The van der Waals surface area contributed by atoms with Crippen LogP contribution >= 0.6 is 0 Å². The van der Waals surface area contributed by atoms with Crippen molar-refractivity contribution in [2.45, 2.75) is 39.7 Å². The van der Waals surface area contributed by atoms with E-state index in [0.29, 0.717) is 18.2 Å². The van der Waals surface area contributed by atoms with Crippen LogP contribution in [0.4, 0.5) is 5.69 Å². The van der Waals surface area contributed by atoms with Crippen molar-refractivity contribution in [2.24, 2.45) is 5.92 Å². The van der Waals surface area contributed by atoms with E-state index in [9.17, 15) is 9.59 Å². The molecule has 21 heavy (non-hydrogen) atoms. The SMILES string of the molecule is CC(C)CNC(=O)C(C)NC(=O)C(C)c1cccc(N)c1. The molecule has 1 aromatic carbocycles. The molecule has 0 fully saturated rings. The van der Waals surface area contributed by atoms with Gasteiger partial charge in [0.2, 0.25) is 11.8 Å². The molecule has 0 spiro atoms. The van der Waals surface area contributed by atoms with Crippen LogP contribution in [0.3, 0.4) is 0 Å². The summed E-state index contributed by atoms with van der Waals surface area (Å²) >= 11 is 0. The predicted octanol–water partition coefficient (Wildman–Crippen LogP) is 1.65. The molecule has 1 rings (SSSR count). The van der Waals surface area contributed by atoms with Gasteiger partial charge >= 0.3 is 0 Å². The number of nitrogens with one attached hydrogen (secondary N) is 2. The van der Waals surface area contributed by atoms with Crippen molar-refractivity contribution in [1.29, 1.82) is 0 Å². The normalized spacial score (nSPS) is 13.6. The quantitative estimate of drug-likeness (QED) is 0.697. The molecule has 5 heteroatoms. The molecule has 5 nitrogen and oxygen atoms in total. The van der Waals surface area contributed by atoms with Crippen molar-refractivity contribution in [2.75, 3.05) is 12.3 Å². The van der Waals surface area contributed by atoms with Crippen LogP contribution in [-0.2, 0) is 9.59 Å². The van der Waals surface area contributed by atoms with Gasteiger partial charge in [0, 0.05) is 12.2 Å². The Morgan fingerprint density at radius 3 is 2.38 bits per heavy atom. The maximum Gasteiger partial charge on any atom is 0.242 e. The topological polar surface area (TPSA) is 84.2 Å². The van der Waals surface area contributed by atoms with E-state index in [1.54, 1.807) is 26.0 Å². The Labute approximate surface area is 126 Å². The zero-order valence-electron chi connectivity index (χ0n) is 13.1. The van der Waals surface area contributed by atoms with Crippen LogP contribution in [0.1, 0.15) is 39.2 Å². The van der Waals surface area contributed by atoms with Crippen LogP contribution in [0.2, 0.25) is 0 Å². The number of rotatable bonds is 6. The number of benzene rings is 1. The smallest absolute Gasteiger partial charge is 0.242 e. The van der Waals surface area contributed by atoms with Crippen LogP contribution in [0.15, 0.2) is 24.3 Å². The Morgan fingerprint density at radius 1 is 1.14 bits per heavy atom. The van der Waals surface area contributed by atoms with Crippen LogP contribution in [0, 0.1) is 5.92 Å². The summed E-state index contributed by atoms with van der Waals surface area (Å²) in [4.78, 5) is 24.0. The highest BCUT2D eigenvalue weighted by molar-refractivity contribution is 5.90. The van der Waals surface area contributed by atoms with Crippen molar-refractivity contribution in [1.82, 2.24) is 10.6 Å². The average molecular weight is 291 g/mol. The van der Waals surface area contributed by atoms with Gasteiger partial charge in [0.15, 0.2) is 0 Å². The van der Waals surface area contributed by atoms with Gasteiger partial charge < -0.3 is 16.4 Å². The van der Waals surface area contributed by atoms with Crippen LogP contribution in [0.25, 0.3) is 0 Å². The fourth-order valence-corrected chi connectivity index (χ4v) is 1.84. The number of nitrogens with two attached hydrogens (primary N) is 1. The highest BCUT2D eigenvalue weighted by Crippen LogP contribution is 2.17. The number of amides is 2. The molecular formula is C16H25N3O2. The van der Waals surface area contributed by atoms with Gasteiger partial charge in [-0.05, 0) is 37.5 Å². The molecular weight excluding hydrogens is 266 g/mol. The lowest BCUT2D eigenvalue weighted by Crippen LogP contribution is -2.46. The number of hydrogen-bond donors (Lipinski definition) is 3. The van der Waals surface area contributed by atoms with E-state index in [0.717, 1.165) is 5.56 Å². The number of anilines is 1. The van der Waals surface area contributed by atoms with Gasteiger partial charge in [-0.1, -0.05) is 26.0 Å². The first-order valence-electron chi connectivity index (χ1n) is 7.24. The lowest BCUT2D eigenvalue weighted by atomic mass is 9.99. The van der Waals surface area contributed by atoms with Gasteiger partial charge in [-0.2, -0.15) is 0 Å². The summed E-state index contributed by atoms with van der Waals surface area (Å²) in [7, 11) is 0. The highest BCUT2D eigenvalue weighted by Gasteiger charge is 2.20. The van der Waals surface area contributed by atoms with E-state index in [-0.39, 0.29) is 17.7 Å².